The summed E-state index contributed by atoms with van der Waals surface area (Å²) in [6, 6.07) is 12.2. The minimum atomic E-state index is -0.519. The van der Waals surface area contributed by atoms with Gasteiger partial charge >= 0.3 is 5.97 Å². The van der Waals surface area contributed by atoms with Crippen molar-refractivity contribution in [3.63, 3.8) is 0 Å². The maximum Gasteiger partial charge on any atom is 0.336 e. The highest BCUT2D eigenvalue weighted by atomic mass is 16.6. The summed E-state index contributed by atoms with van der Waals surface area (Å²) in [7, 11) is 1.39. The van der Waals surface area contributed by atoms with Crippen LogP contribution in [0, 0.1) is 0 Å². The van der Waals surface area contributed by atoms with E-state index in [9.17, 15) is 4.79 Å². The number of carbonyl (C=O) groups excluding carboxylic acids is 1. The molecule has 1 unspecified atom stereocenters. The minimum Gasteiger partial charge on any atom is -0.467 e. The number of nitrogens with zero attached hydrogens (tertiary/aromatic N) is 2. The van der Waals surface area contributed by atoms with E-state index in [1.807, 2.05) is 31.2 Å². The van der Waals surface area contributed by atoms with Gasteiger partial charge < -0.3 is 9.47 Å². The van der Waals surface area contributed by atoms with Gasteiger partial charge in [-0.25, -0.2) is 4.79 Å². The van der Waals surface area contributed by atoms with Crippen molar-refractivity contribution in [1.82, 2.24) is 9.88 Å². The van der Waals surface area contributed by atoms with E-state index in [1.165, 1.54) is 7.11 Å². The lowest BCUT2D eigenvalue weighted by molar-refractivity contribution is -0.166. The van der Waals surface area contributed by atoms with Crippen LogP contribution < -0.4 is 0 Å². The summed E-state index contributed by atoms with van der Waals surface area (Å²) in [4.78, 5) is 18.6. The van der Waals surface area contributed by atoms with Crippen LogP contribution in [0.5, 0.6) is 0 Å². The number of carbonyl (C=O) groups is 1. The molecular weight excluding hydrogens is 280 g/mol. The average Bonchev–Trinajstić information content (AvgIpc) is 2.53. The predicted octanol–water partition coefficient (Wildman–Crippen LogP) is 2.00. The number of rotatable bonds is 3. The highest BCUT2D eigenvalue weighted by molar-refractivity contribution is 5.78. The Labute approximate surface area is 129 Å². The molecule has 5 nitrogen and oxygen atoms in total. The summed E-state index contributed by atoms with van der Waals surface area (Å²) in [5.74, 6) is -0.317. The number of pyridine rings is 1. The number of hydrogen-bond donors (Lipinski definition) is 0. The minimum absolute atomic E-state index is 0.00157. The Bertz CT molecular complexity index is 674. The predicted molar refractivity (Wildman–Crippen MR) is 83.4 cm³/mol. The van der Waals surface area contributed by atoms with Crippen molar-refractivity contribution in [3.05, 3.63) is 42.1 Å². The number of benzene rings is 1. The van der Waals surface area contributed by atoms with Crippen LogP contribution in [-0.4, -0.2) is 48.3 Å². The van der Waals surface area contributed by atoms with E-state index >= 15 is 0 Å². The number of morpholine rings is 1. The van der Waals surface area contributed by atoms with Crippen molar-refractivity contribution >= 4 is 16.9 Å². The lowest BCUT2D eigenvalue weighted by Gasteiger charge is -2.35. The van der Waals surface area contributed by atoms with Gasteiger partial charge in [0.15, 0.2) is 6.10 Å². The molecule has 5 heteroatoms. The Hall–Kier alpha value is -1.98. The Kier molecular flexibility index (Phi) is 4.36. The molecule has 0 spiro atoms. The van der Waals surface area contributed by atoms with Crippen LogP contribution in [0.3, 0.4) is 0 Å². The number of para-hydroxylation sites is 1. The normalized spacial score (nSPS) is 22.6. The summed E-state index contributed by atoms with van der Waals surface area (Å²) in [5, 5.41) is 1.13. The molecule has 2 aromatic rings. The zero-order valence-corrected chi connectivity index (χ0v) is 12.9. The summed E-state index contributed by atoms with van der Waals surface area (Å²) >= 11 is 0. The maximum absolute atomic E-state index is 11.7. The van der Waals surface area contributed by atoms with Gasteiger partial charge in [-0.3, -0.25) is 9.88 Å². The average molecular weight is 300 g/mol. The third-order valence-corrected chi connectivity index (χ3v) is 3.84. The molecule has 0 amide bonds. The number of fused-ring (bicyclic) bond motifs is 1. The van der Waals surface area contributed by atoms with E-state index in [0.717, 1.165) is 23.1 Å². The number of esters is 1. The zero-order valence-electron chi connectivity index (χ0n) is 12.9. The molecule has 0 saturated carbocycles. The standard InChI is InChI=1S/C17H20N2O3/c1-12-9-19(11-16(22-12)17(20)21-2)10-14-8-7-13-5-3-4-6-15(13)18-14/h3-8,12,16H,9-11H2,1-2H3/t12-,16?/m1/s1. The highest BCUT2D eigenvalue weighted by Crippen LogP contribution is 2.17. The van der Waals surface area contributed by atoms with Crippen molar-refractivity contribution in [3.8, 4) is 0 Å². The van der Waals surface area contributed by atoms with Crippen LogP contribution in [0.1, 0.15) is 12.6 Å². The zero-order chi connectivity index (χ0) is 15.5. The molecule has 0 N–H and O–H groups in total. The first kappa shape index (κ1) is 14.9. The second-order valence-corrected chi connectivity index (χ2v) is 5.65. The molecule has 0 aliphatic carbocycles. The first-order valence-corrected chi connectivity index (χ1v) is 7.46. The van der Waals surface area contributed by atoms with Crippen LogP contribution in [0.4, 0.5) is 0 Å². The molecular formula is C17H20N2O3. The van der Waals surface area contributed by atoms with Crippen molar-refractivity contribution in [2.75, 3.05) is 20.2 Å². The van der Waals surface area contributed by atoms with Crippen molar-refractivity contribution in [2.24, 2.45) is 0 Å². The molecule has 3 rings (SSSR count). The third kappa shape index (κ3) is 3.26. The molecule has 1 fully saturated rings. The monoisotopic (exact) mass is 300 g/mol. The first-order valence-electron chi connectivity index (χ1n) is 7.46. The SMILES string of the molecule is COC(=O)C1CN(Cc2ccc3ccccc3n2)C[C@@H](C)O1. The van der Waals surface area contributed by atoms with Gasteiger partial charge in [-0.2, -0.15) is 0 Å². The lowest BCUT2D eigenvalue weighted by atomic mass is 10.1. The second kappa shape index (κ2) is 6.42. The van der Waals surface area contributed by atoms with Crippen LogP contribution in [0.25, 0.3) is 10.9 Å². The third-order valence-electron chi connectivity index (χ3n) is 3.84. The summed E-state index contributed by atoms with van der Waals surface area (Å²) < 4.78 is 10.4. The van der Waals surface area contributed by atoms with E-state index < -0.39 is 6.10 Å². The smallest absolute Gasteiger partial charge is 0.336 e. The van der Waals surface area contributed by atoms with E-state index in [-0.39, 0.29) is 12.1 Å². The quantitative estimate of drug-likeness (QED) is 0.812. The fourth-order valence-corrected chi connectivity index (χ4v) is 2.86. The number of ether oxygens (including phenoxy) is 2. The van der Waals surface area contributed by atoms with Crippen LogP contribution in [0.15, 0.2) is 36.4 Å². The Morgan fingerprint density at radius 3 is 2.95 bits per heavy atom. The molecule has 1 aromatic heterocycles. The first-order chi connectivity index (χ1) is 10.7. The van der Waals surface area contributed by atoms with Gasteiger partial charge in [-0.1, -0.05) is 24.3 Å². The number of methoxy groups -OCH3 is 1. The fourth-order valence-electron chi connectivity index (χ4n) is 2.86. The Morgan fingerprint density at radius 2 is 2.14 bits per heavy atom. The van der Waals surface area contributed by atoms with Crippen molar-refractivity contribution < 1.29 is 14.3 Å². The van der Waals surface area contributed by atoms with Crippen LogP contribution in [-0.2, 0) is 20.8 Å². The molecule has 1 aliphatic heterocycles. The summed E-state index contributed by atoms with van der Waals surface area (Å²) in [6.07, 6.45) is -0.521. The molecule has 116 valence electrons. The van der Waals surface area contributed by atoms with Gasteiger partial charge in [-0.15, -0.1) is 0 Å². The molecule has 1 saturated heterocycles. The van der Waals surface area contributed by atoms with E-state index in [0.29, 0.717) is 13.1 Å². The largest absolute Gasteiger partial charge is 0.467 e. The lowest BCUT2D eigenvalue weighted by Crippen LogP contribution is -2.49. The fraction of sp³-hybridized carbons (Fsp3) is 0.412. The maximum atomic E-state index is 11.7. The second-order valence-electron chi connectivity index (χ2n) is 5.65. The number of aromatic nitrogens is 1. The van der Waals surface area contributed by atoms with E-state index in [2.05, 4.69) is 22.0 Å². The molecule has 2 heterocycles. The topological polar surface area (TPSA) is 51.7 Å². The van der Waals surface area contributed by atoms with Gasteiger partial charge in [0, 0.05) is 25.0 Å². The van der Waals surface area contributed by atoms with Gasteiger partial charge in [0.05, 0.1) is 24.4 Å². The van der Waals surface area contributed by atoms with Crippen LogP contribution >= 0.6 is 0 Å². The Morgan fingerprint density at radius 1 is 1.32 bits per heavy atom. The molecule has 0 bridgehead atoms. The van der Waals surface area contributed by atoms with Crippen molar-refractivity contribution in [2.45, 2.75) is 25.7 Å². The Balaban J connectivity index is 1.74. The number of hydrogen-bond acceptors (Lipinski definition) is 5. The van der Waals surface area contributed by atoms with Crippen LogP contribution in [0.2, 0.25) is 0 Å². The molecule has 1 aliphatic rings. The summed E-state index contributed by atoms with van der Waals surface area (Å²) in [5.41, 5.74) is 1.99. The summed E-state index contributed by atoms with van der Waals surface area (Å²) in [6.45, 7) is 3.98. The molecule has 2 atom stereocenters. The van der Waals surface area contributed by atoms with Gasteiger partial charge in [0.2, 0.25) is 0 Å². The van der Waals surface area contributed by atoms with Gasteiger partial charge in [-0.05, 0) is 19.1 Å². The van der Waals surface area contributed by atoms with E-state index in [4.69, 9.17) is 9.47 Å². The van der Waals surface area contributed by atoms with Crippen molar-refractivity contribution in [1.29, 1.82) is 0 Å². The molecule has 22 heavy (non-hydrogen) atoms. The van der Waals surface area contributed by atoms with Gasteiger partial charge in [0.25, 0.3) is 0 Å². The van der Waals surface area contributed by atoms with E-state index in [1.54, 1.807) is 0 Å². The molecule has 0 radical (unpaired) electrons. The van der Waals surface area contributed by atoms with Gasteiger partial charge in [0.1, 0.15) is 0 Å². The highest BCUT2D eigenvalue weighted by Gasteiger charge is 2.31. The molecule has 1 aromatic carbocycles.